The molecule has 0 fully saturated rings. The number of rotatable bonds is 7. The number of nitrogens with one attached hydrogen (secondary N) is 1. The Morgan fingerprint density at radius 3 is 2.73 bits per heavy atom. The van der Waals surface area contributed by atoms with Crippen molar-refractivity contribution in [3.63, 3.8) is 0 Å². The normalized spacial score (nSPS) is 12.9. The molecule has 0 aliphatic rings. The summed E-state index contributed by atoms with van der Waals surface area (Å²) in [6, 6.07) is -0.431. The standard InChI is InChI=1S/C7H16N2O2/c1-2-4-8-5-3-7(6-10)9-11/h7-8,10H,2-6H2,1H3/t7-/m1/s1. The van der Waals surface area contributed by atoms with Crippen LogP contribution in [0.5, 0.6) is 0 Å². The fourth-order valence-corrected chi connectivity index (χ4v) is 0.748. The smallest absolute Gasteiger partial charge is 0.116 e. The summed E-state index contributed by atoms with van der Waals surface area (Å²) in [4.78, 5) is 9.96. The Balaban J connectivity index is 3.14. The van der Waals surface area contributed by atoms with Gasteiger partial charge in [-0.25, -0.2) is 0 Å². The highest BCUT2D eigenvalue weighted by molar-refractivity contribution is 4.64. The molecule has 0 heterocycles. The summed E-state index contributed by atoms with van der Waals surface area (Å²) in [6.07, 6.45) is 1.71. The van der Waals surface area contributed by atoms with Crippen molar-refractivity contribution in [3.8, 4) is 0 Å². The first-order valence-electron chi connectivity index (χ1n) is 3.99. The second-order valence-corrected chi connectivity index (χ2v) is 2.48. The van der Waals surface area contributed by atoms with Gasteiger partial charge < -0.3 is 10.4 Å². The Kier molecular flexibility index (Phi) is 7.29. The SMILES string of the molecule is CCCNCC[C@H](CO)N=O. The van der Waals surface area contributed by atoms with Gasteiger partial charge in [-0.2, -0.15) is 4.91 Å². The molecule has 0 spiro atoms. The lowest BCUT2D eigenvalue weighted by Gasteiger charge is -2.05. The van der Waals surface area contributed by atoms with Crippen LogP contribution >= 0.6 is 0 Å². The predicted molar refractivity (Wildman–Crippen MR) is 44.4 cm³/mol. The fourth-order valence-electron chi connectivity index (χ4n) is 0.748. The lowest BCUT2D eigenvalue weighted by atomic mass is 10.2. The summed E-state index contributed by atoms with van der Waals surface area (Å²) in [6.45, 7) is 3.65. The lowest BCUT2D eigenvalue weighted by Crippen LogP contribution is -2.21. The lowest BCUT2D eigenvalue weighted by molar-refractivity contribution is 0.259. The Morgan fingerprint density at radius 2 is 2.27 bits per heavy atom. The van der Waals surface area contributed by atoms with E-state index < -0.39 is 6.04 Å². The molecule has 0 amide bonds. The molecule has 0 bridgehead atoms. The van der Waals surface area contributed by atoms with Crippen molar-refractivity contribution in [2.75, 3.05) is 19.7 Å². The van der Waals surface area contributed by atoms with Crippen LogP contribution < -0.4 is 5.32 Å². The van der Waals surface area contributed by atoms with Crippen molar-refractivity contribution in [2.24, 2.45) is 5.18 Å². The molecule has 0 aliphatic carbocycles. The summed E-state index contributed by atoms with van der Waals surface area (Å²) in [5, 5.41) is 14.4. The van der Waals surface area contributed by atoms with E-state index in [-0.39, 0.29) is 6.61 Å². The van der Waals surface area contributed by atoms with Crippen LogP contribution in [-0.2, 0) is 0 Å². The minimum absolute atomic E-state index is 0.142. The van der Waals surface area contributed by atoms with E-state index in [1.54, 1.807) is 0 Å². The topological polar surface area (TPSA) is 61.7 Å². The summed E-state index contributed by atoms with van der Waals surface area (Å²) in [5.41, 5.74) is 0. The number of aliphatic hydroxyl groups excluding tert-OH is 1. The number of hydrogen-bond acceptors (Lipinski definition) is 4. The molecule has 0 rings (SSSR count). The molecule has 0 aromatic heterocycles. The molecule has 0 unspecified atom stereocenters. The maximum absolute atomic E-state index is 9.96. The highest BCUT2D eigenvalue weighted by Crippen LogP contribution is 1.93. The van der Waals surface area contributed by atoms with Crippen LogP contribution in [0.15, 0.2) is 5.18 Å². The third-order valence-corrected chi connectivity index (χ3v) is 1.44. The molecule has 66 valence electrons. The van der Waals surface area contributed by atoms with Crippen LogP contribution in [0.2, 0.25) is 0 Å². The zero-order chi connectivity index (χ0) is 8.53. The first kappa shape index (κ1) is 10.5. The van der Waals surface area contributed by atoms with Crippen molar-refractivity contribution in [1.82, 2.24) is 5.32 Å². The predicted octanol–water partition coefficient (Wildman–Crippen LogP) is 0.503. The van der Waals surface area contributed by atoms with Crippen molar-refractivity contribution >= 4 is 0 Å². The number of hydrogen-bond donors (Lipinski definition) is 2. The maximum atomic E-state index is 9.96. The van der Waals surface area contributed by atoms with E-state index in [9.17, 15) is 4.91 Å². The quantitative estimate of drug-likeness (QED) is 0.421. The van der Waals surface area contributed by atoms with E-state index >= 15 is 0 Å². The fraction of sp³-hybridized carbons (Fsp3) is 1.00. The Morgan fingerprint density at radius 1 is 1.55 bits per heavy atom. The molecule has 1 atom stereocenters. The van der Waals surface area contributed by atoms with Gasteiger partial charge in [0.25, 0.3) is 0 Å². The summed E-state index contributed by atoms with van der Waals surface area (Å²) >= 11 is 0. The monoisotopic (exact) mass is 160 g/mol. The molecular weight excluding hydrogens is 144 g/mol. The minimum Gasteiger partial charge on any atom is -0.394 e. The van der Waals surface area contributed by atoms with E-state index in [0.29, 0.717) is 6.42 Å². The van der Waals surface area contributed by atoms with Gasteiger partial charge in [-0.05, 0) is 25.9 Å². The molecule has 0 saturated carbocycles. The minimum atomic E-state index is -0.431. The van der Waals surface area contributed by atoms with Gasteiger partial charge in [0.1, 0.15) is 6.04 Å². The van der Waals surface area contributed by atoms with Gasteiger partial charge in [0.2, 0.25) is 0 Å². The molecule has 0 aromatic carbocycles. The van der Waals surface area contributed by atoms with Gasteiger partial charge in [-0.3, -0.25) is 0 Å². The van der Waals surface area contributed by atoms with Gasteiger partial charge >= 0.3 is 0 Å². The Bertz CT molecular complexity index is 98.4. The van der Waals surface area contributed by atoms with E-state index in [4.69, 9.17) is 5.11 Å². The number of nitrogens with zero attached hydrogens (tertiary/aromatic N) is 1. The van der Waals surface area contributed by atoms with Crippen LogP contribution in [0.3, 0.4) is 0 Å². The molecule has 0 radical (unpaired) electrons. The average Bonchev–Trinajstić information content (AvgIpc) is 2.05. The summed E-state index contributed by atoms with van der Waals surface area (Å²) < 4.78 is 0. The van der Waals surface area contributed by atoms with E-state index in [2.05, 4.69) is 17.4 Å². The van der Waals surface area contributed by atoms with E-state index in [0.717, 1.165) is 19.5 Å². The molecule has 4 nitrogen and oxygen atoms in total. The highest BCUT2D eigenvalue weighted by atomic mass is 16.3. The molecule has 4 heteroatoms. The third kappa shape index (κ3) is 5.94. The zero-order valence-corrected chi connectivity index (χ0v) is 6.92. The molecule has 0 aliphatic heterocycles. The van der Waals surface area contributed by atoms with Crippen molar-refractivity contribution in [1.29, 1.82) is 0 Å². The van der Waals surface area contributed by atoms with E-state index in [1.807, 2.05) is 0 Å². The second kappa shape index (κ2) is 7.63. The van der Waals surface area contributed by atoms with E-state index in [1.165, 1.54) is 0 Å². The zero-order valence-electron chi connectivity index (χ0n) is 6.92. The summed E-state index contributed by atoms with van der Waals surface area (Å²) in [7, 11) is 0. The maximum Gasteiger partial charge on any atom is 0.116 e. The second-order valence-electron chi connectivity index (χ2n) is 2.48. The van der Waals surface area contributed by atoms with Gasteiger partial charge in [0, 0.05) is 0 Å². The Hall–Kier alpha value is -0.480. The largest absolute Gasteiger partial charge is 0.394 e. The van der Waals surface area contributed by atoms with Crippen LogP contribution in [0, 0.1) is 4.91 Å². The number of aliphatic hydroxyl groups is 1. The molecule has 2 N–H and O–H groups in total. The molecular formula is C7H16N2O2. The van der Waals surface area contributed by atoms with Gasteiger partial charge in [-0.1, -0.05) is 12.1 Å². The summed E-state index contributed by atoms with van der Waals surface area (Å²) in [5.74, 6) is 0. The van der Waals surface area contributed by atoms with Crippen molar-refractivity contribution in [3.05, 3.63) is 4.91 Å². The average molecular weight is 160 g/mol. The van der Waals surface area contributed by atoms with Gasteiger partial charge in [0.15, 0.2) is 0 Å². The van der Waals surface area contributed by atoms with Crippen LogP contribution in [0.1, 0.15) is 19.8 Å². The Labute approximate surface area is 67.0 Å². The first-order chi connectivity index (χ1) is 5.35. The molecule has 11 heavy (non-hydrogen) atoms. The number of nitroso groups, excluding NO2 is 1. The molecule has 0 aromatic rings. The molecule has 0 saturated heterocycles. The first-order valence-corrected chi connectivity index (χ1v) is 3.99. The van der Waals surface area contributed by atoms with Crippen LogP contribution in [-0.4, -0.2) is 30.8 Å². The third-order valence-electron chi connectivity index (χ3n) is 1.44. The van der Waals surface area contributed by atoms with Crippen LogP contribution in [0.4, 0.5) is 0 Å². The van der Waals surface area contributed by atoms with Crippen molar-refractivity contribution < 1.29 is 5.11 Å². The van der Waals surface area contributed by atoms with Crippen molar-refractivity contribution in [2.45, 2.75) is 25.8 Å². The van der Waals surface area contributed by atoms with Gasteiger partial charge in [0.05, 0.1) is 6.61 Å². The van der Waals surface area contributed by atoms with Gasteiger partial charge in [-0.15, -0.1) is 0 Å². The van der Waals surface area contributed by atoms with Crippen LogP contribution in [0.25, 0.3) is 0 Å². The highest BCUT2D eigenvalue weighted by Gasteiger charge is 2.04.